The highest BCUT2D eigenvalue weighted by Gasteiger charge is 2.05. The lowest BCUT2D eigenvalue weighted by atomic mass is 10.1. The number of carboxylic acid groups (broad SMARTS) is 1. The first kappa shape index (κ1) is 13.7. The minimum atomic E-state index is -0.887. The molecular formula is C14H15NO3S. The first-order valence-corrected chi connectivity index (χ1v) is 6.77. The van der Waals surface area contributed by atoms with Crippen LogP contribution in [0.5, 0.6) is 0 Å². The molecule has 0 aliphatic rings. The molecule has 19 heavy (non-hydrogen) atoms. The second-order valence-corrected chi connectivity index (χ2v) is 5.18. The van der Waals surface area contributed by atoms with Crippen molar-refractivity contribution in [2.45, 2.75) is 19.7 Å². The van der Waals surface area contributed by atoms with E-state index < -0.39 is 5.97 Å². The molecule has 0 bridgehead atoms. The molecule has 0 saturated heterocycles. The van der Waals surface area contributed by atoms with Gasteiger partial charge in [0, 0.05) is 23.3 Å². The number of aliphatic hydroxyl groups excluding tert-OH is 1. The number of carbonyl (C=O) groups is 1. The molecule has 1 aromatic heterocycles. The van der Waals surface area contributed by atoms with E-state index >= 15 is 0 Å². The summed E-state index contributed by atoms with van der Waals surface area (Å²) in [6, 6.07) is 9.41. The van der Waals surface area contributed by atoms with Gasteiger partial charge in [-0.1, -0.05) is 24.3 Å². The van der Waals surface area contributed by atoms with E-state index in [2.05, 4.69) is 5.32 Å². The Morgan fingerprint density at radius 2 is 1.84 bits per heavy atom. The van der Waals surface area contributed by atoms with E-state index in [9.17, 15) is 4.79 Å². The standard InChI is InChI=1S/C14H15NO3S/c16-8-11-3-1-10(2-4-11)6-15-7-13-5-12(9-19-13)14(17)18/h1-5,9,15-16H,6-8H2,(H,17,18). The fourth-order valence-corrected chi connectivity index (χ4v) is 2.51. The first-order chi connectivity index (χ1) is 9.19. The van der Waals surface area contributed by atoms with Gasteiger partial charge in [0.2, 0.25) is 0 Å². The highest BCUT2D eigenvalue weighted by Crippen LogP contribution is 2.14. The number of benzene rings is 1. The SMILES string of the molecule is O=C(O)c1csc(CNCc2ccc(CO)cc2)c1. The Bertz CT molecular complexity index is 548. The number of aliphatic hydroxyl groups is 1. The molecule has 0 aliphatic carbocycles. The highest BCUT2D eigenvalue weighted by atomic mass is 32.1. The van der Waals surface area contributed by atoms with Crippen molar-refractivity contribution in [1.82, 2.24) is 5.32 Å². The fourth-order valence-electron chi connectivity index (χ4n) is 1.68. The van der Waals surface area contributed by atoms with E-state index in [0.717, 1.165) is 16.0 Å². The Hall–Kier alpha value is -1.69. The number of carboxylic acids is 1. The summed E-state index contributed by atoms with van der Waals surface area (Å²) in [7, 11) is 0. The van der Waals surface area contributed by atoms with Crippen LogP contribution >= 0.6 is 11.3 Å². The van der Waals surface area contributed by atoms with Crippen LogP contribution in [0.15, 0.2) is 35.7 Å². The molecule has 2 rings (SSSR count). The number of nitrogens with one attached hydrogen (secondary N) is 1. The van der Waals surface area contributed by atoms with Crippen LogP contribution in [0, 0.1) is 0 Å². The Kier molecular flexibility index (Phi) is 4.68. The summed E-state index contributed by atoms with van der Waals surface area (Å²) in [5, 5.41) is 22.7. The molecule has 0 unspecified atom stereocenters. The second-order valence-electron chi connectivity index (χ2n) is 4.19. The third-order valence-corrected chi connectivity index (χ3v) is 3.67. The maximum absolute atomic E-state index is 10.7. The first-order valence-electron chi connectivity index (χ1n) is 5.89. The summed E-state index contributed by atoms with van der Waals surface area (Å²) in [4.78, 5) is 11.7. The zero-order valence-corrected chi connectivity index (χ0v) is 11.1. The lowest BCUT2D eigenvalue weighted by molar-refractivity contribution is 0.0697. The molecular weight excluding hydrogens is 262 g/mol. The van der Waals surface area contributed by atoms with Crippen molar-refractivity contribution in [3.8, 4) is 0 Å². The summed E-state index contributed by atoms with van der Waals surface area (Å²) in [5.74, 6) is -0.887. The van der Waals surface area contributed by atoms with Crippen LogP contribution < -0.4 is 5.32 Å². The lowest BCUT2D eigenvalue weighted by Crippen LogP contribution is -2.11. The van der Waals surface area contributed by atoms with Crippen molar-refractivity contribution in [3.63, 3.8) is 0 Å². The summed E-state index contributed by atoms with van der Waals surface area (Å²) >= 11 is 1.44. The zero-order valence-electron chi connectivity index (χ0n) is 10.3. The van der Waals surface area contributed by atoms with E-state index in [-0.39, 0.29) is 6.61 Å². The zero-order chi connectivity index (χ0) is 13.7. The van der Waals surface area contributed by atoms with Crippen molar-refractivity contribution in [2.75, 3.05) is 0 Å². The van der Waals surface area contributed by atoms with Gasteiger partial charge in [-0.05, 0) is 17.2 Å². The van der Waals surface area contributed by atoms with Crippen molar-refractivity contribution >= 4 is 17.3 Å². The number of aromatic carboxylic acids is 1. The molecule has 2 aromatic rings. The van der Waals surface area contributed by atoms with Gasteiger partial charge in [-0.2, -0.15) is 0 Å². The molecule has 0 amide bonds. The Balaban J connectivity index is 1.83. The predicted octanol–water partition coefficient (Wildman–Crippen LogP) is 2.23. The van der Waals surface area contributed by atoms with Gasteiger partial charge in [0.1, 0.15) is 0 Å². The maximum Gasteiger partial charge on any atom is 0.336 e. The molecule has 4 nitrogen and oxygen atoms in total. The molecule has 1 heterocycles. The molecule has 100 valence electrons. The normalized spacial score (nSPS) is 10.6. The van der Waals surface area contributed by atoms with Crippen LogP contribution in [0.3, 0.4) is 0 Å². The lowest BCUT2D eigenvalue weighted by Gasteiger charge is -2.04. The van der Waals surface area contributed by atoms with Gasteiger partial charge in [-0.25, -0.2) is 4.79 Å². The molecule has 0 atom stereocenters. The van der Waals surface area contributed by atoms with Crippen molar-refractivity contribution < 1.29 is 15.0 Å². The molecule has 0 spiro atoms. The van der Waals surface area contributed by atoms with Crippen LogP contribution in [0.25, 0.3) is 0 Å². The maximum atomic E-state index is 10.7. The topological polar surface area (TPSA) is 69.6 Å². The number of thiophene rings is 1. The van der Waals surface area contributed by atoms with Crippen molar-refractivity contribution in [1.29, 1.82) is 0 Å². The largest absolute Gasteiger partial charge is 0.478 e. The Morgan fingerprint density at radius 1 is 1.16 bits per heavy atom. The molecule has 0 saturated carbocycles. The predicted molar refractivity (Wildman–Crippen MR) is 74.2 cm³/mol. The van der Waals surface area contributed by atoms with Crippen LogP contribution in [0.2, 0.25) is 0 Å². The van der Waals surface area contributed by atoms with Crippen LogP contribution in [-0.2, 0) is 19.7 Å². The summed E-state index contributed by atoms with van der Waals surface area (Å²) < 4.78 is 0. The molecule has 1 aromatic carbocycles. The van der Waals surface area contributed by atoms with Crippen molar-refractivity contribution in [3.05, 3.63) is 57.3 Å². The third-order valence-electron chi connectivity index (χ3n) is 2.73. The Labute approximate surface area is 115 Å². The van der Waals surface area contributed by atoms with E-state index in [4.69, 9.17) is 10.2 Å². The van der Waals surface area contributed by atoms with E-state index in [0.29, 0.717) is 18.7 Å². The molecule has 0 fully saturated rings. The molecule has 0 aliphatic heterocycles. The van der Waals surface area contributed by atoms with Gasteiger partial charge >= 0.3 is 5.97 Å². The number of hydrogen-bond acceptors (Lipinski definition) is 4. The van der Waals surface area contributed by atoms with Crippen LogP contribution in [0.4, 0.5) is 0 Å². The molecule has 5 heteroatoms. The smallest absolute Gasteiger partial charge is 0.336 e. The van der Waals surface area contributed by atoms with E-state index in [1.54, 1.807) is 11.4 Å². The quantitative estimate of drug-likeness (QED) is 0.757. The van der Waals surface area contributed by atoms with Gasteiger partial charge in [0.05, 0.1) is 12.2 Å². The van der Waals surface area contributed by atoms with Crippen LogP contribution in [0.1, 0.15) is 26.4 Å². The van der Waals surface area contributed by atoms with Gasteiger partial charge in [-0.15, -0.1) is 11.3 Å². The van der Waals surface area contributed by atoms with Crippen molar-refractivity contribution in [2.24, 2.45) is 0 Å². The van der Waals surface area contributed by atoms with Crippen LogP contribution in [-0.4, -0.2) is 16.2 Å². The minimum Gasteiger partial charge on any atom is -0.478 e. The summed E-state index contributed by atoms with van der Waals surface area (Å²) in [5.41, 5.74) is 2.37. The second kappa shape index (κ2) is 6.47. The average Bonchev–Trinajstić information content (AvgIpc) is 2.89. The molecule has 3 N–H and O–H groups in total. The van der Waals surface area contributed by atoms with Gasteiger partial charge in [-0.3, -0.25) is 0 Å². The van der Waals surface area contributed by atoms with E-state index in [1.165, 1.54) is 11.3 Å². The fraction of sp³-hybridized carbons (Fsp3) is 0.214. The Morgan fingerprint density at radius 3 is 2.42 bits per heavy atom. The summed E-state index contributed by atoms with van der Waals surface area (Å²) in [6.45, 7) is 1.42. The summed E-state index contributed by atoms with van der Waals surface area (Å²) in [6.07, 6.45) is 0. The van der Waals surface area contributed by atoms with E-state index in [1.807, 2.05) is 24.3 Å². The van der Waals surface area contributed by atoms with Gasteiger partial charge in [0.25, 0.3) is 0 Å². The highest BCUT2D eigenvalue weighted by molar-refractivity contribution is 7.10. The minimum absolute atomic E-state index is 0.0564. The third kappa shape index (κ3) is 3.89. The number of rotatable bonds is 6. The average molecular weight is 277 g/mol. The number of hydrogen-bond donors (Lipinski definition) is 3. The monoisotopic (exact) mass is 277 g/mol. The van der Waals surface area contributed by atoms with Gasteiger partial charge < -0.3 is 15.5 Å². The molecule has 0 radical (unpaired) electrons. The van der Waals surface area contributed by atoms with Gasteiger partial charge in [0.15, 0.2) is 0 Å².